The van der Waals surface area contributed by atoms with Crippen LogP contribution in [0.15, 0.2) is 18.2 Å². The van der Waals surface area contributed by atoms with E-state index in [0.717, 1.165) is 5.56 Å². The molecule has 0 fully saturated rings. The van der Waals surface area contributed by atoms with E-state index in [-0.39, 0.29) is 11.1 Å². The van der Waals surface area contributed by atoms with Crippen molar-refractivity contribution in [3.05, 3.63) is 35.1 Å². The Morgan fingerprint density at radius 1 is 1.47 bits per heavy atom. The zero-order chi connectivity index (χ0) is 11.0. The maximum atomic E-state index is 13.4. The minimum absolute atomic E-state index is 0.180. The summed E-state index contributed by atoms with van der Waals surface area (Å²) < 4.78 is 13.4. The maximum Gasteiger partial charge on any atom is 0.127 e. The molecule has 1 nitrogen and oxygen atoms in total. The highest BCUT2D eigenvalue weighted by atomic mass is 32.2. The van der Waals surface area contributed by atoms with Crippen molar-refractivity contribution < 1.29 is 9.50 Å². The molecule has 0 radical (unpaired) electrons. The van der Waals surface area contributed by atoms with Gasteiger partial charge in [0, 0.05) is 16.6 Å². The molecule has 2 rings (SSSR count). The second kappa shape index (κ2) is 4.14. The molecule has 0 aliphatic carbocycles. The fourth-order valence-electron chi connectivity index (χ4n) is 2.01. The first kappa shape index (κ1) is 11.0. The number of aliphatic hydroxyl groups excluding tert-OH is 1. The summed E-state index contributed by atoms with van der Waals surface area (Å²) in [4.78, 5) is 0. The molecule has 1 aromatic carbocycles. The lowest BCUT2D eigenvalue weighted by Gasteiger charge is -2.32. The van der Waals surface area contributed by atoms with Gasteiger partial charge in [-0.15, -0.1) is 0 Å². The average Bonchev–Trinajstić information content (AvgIpc) is 2.19. The van der Waals surface area contributed by atoms with Crippen LogP contribution in [-0.2, 0) is 5.75 Å². The summed E-state index contributed by atoms with van der Waals surface area (Å²) in [5.41, 5.74) is 1.44. The fourth-order valence-corrected chi connectivity index (χ4v) is 3.39. The van der Waals surface area contributed by atoms with Crippen molar-refractivity contribution in [2.45, 2.75) is 31.0 Å². The second-order valence-electron chi connectivity index (χ2n) is 4.27. The summed E-state index contributed by atoms with van der Waals surface area (Å²) in [6, 6.07) is 4.96. The summed E-state index contributed by atoms with van der Waals surface area (Å²) >= 11 is 1.65. The van der Waals surface area contributed by atoms with E-state index in [1.165, 1.54) is 6.07 Å². The van der Waals surface area contributed by atoms with Crippen LogP contribution in [0, 0.1) is 11.7 Å². The van der Waals surface area contributed by atoms with Crippen LogP contribution in [0.25, 0.3) is 0 Å². The third-order valence-electron chi connectivity index (χ3n) is 2.86. The van der Waals surface area contributed by atoms with Crippen molar-refractivity contribution in [2.24, 2.45) is 5.92 Å². The first-order chi connectivity index (χ1) is 7.11. The molecule has 15 heavy (non-hydrogen) atoms. The Hall–Kier alpha value is -0.540. The van der Waals surface area contributed by atoms with Gasteiger partial charge in [0.25, 0.3) is 0 Å². The molecule has 0 aromatic heterocycles. The number of fused-ring (bicyclic) bond motifs is 1. The lowest BCUT2D eigenvalue weighted by molar-refractivity contribution is 0.155. The van der Waals surface area contributed by atoms with E-state index < -0.39 is 6.10 Å². The number of hydrogen-bond donors (Lipinski definition) is 1. The predicted molar refractivity (Wildman–Crippen MR) is 61.3 cm³/mol. The van der Waals surface area contributed by atoms with Crippen molar-refractivity contribution in [1.82, 2.24) is 0 Å². The molecule has 0 spiro atoms. The van der Waals surface area contributed by atoms with Crippen molar-refractivity contribution in [1.29, 1.82) is 0 Å². The molecule has 0 saturated carbocycles. The molecule has 3 heteroatoms. The number of hydrogen-bond acceptors (Lipinski definition) is 2. The molecule has 1 aromatic rings. The normalized spacial score (nSPS) is 25.4. The van der Waals surface area contributed by atoms with Gasteiger partial charge in [0.1, 0.15) is 5.82 Å². The fraction of sp³-hybridized carbons (Fsp3) is 0.500. The monoisotopic (exact) mass is 226 g/mol. The van der Waals surface area contributed by atoms with Crippen molar-refractivity contribution in [2.75, 3.05) is 0 Å². The van der Waals surface area contributed by atoms with Gasteiger partial charge in [-0.2, -0.15) is 11.8 Å². The topological polar surface area (TPSA) is 20.2 Å². The lowest BCUT2D eigenvalue weighted by Crippen LogP contribution is -2.26. The lowest BCUT2D eigenvalue weighted by atomic mass is 9.95. The van der Waals surface area contributed by atoms with E-state index in [1.807, 2.05) is 6.07 Å². The van der Waals surface area contributed by atoms with Gasteiger partial charge in [-0.25, -0.2) is 4.39 Å². The van der Waals surface area contributed by atoms with Crippen molar-refractivity contribution in [3.63, 3.8) is 0 Å². The average molecular weight is 226 g/mol. The van der Waals surface area contributed by atoms with Crippen LogP contribution >= 0.6 is 11.8 Å². The van der Waals surface area contributed by atoms with E-state index in [2.05, 4.69) is 13.8 Å². The Bertz CT molecular complexity index is 365. The summed E-state index contributed by atoms with van der Waals surface area (Å²) in [6.45, 7) is 4.18. The highest BCUT2D eigenvalue weighted by molar-refractivity contribution is 7.99. The number of rotatable bonds is 1. The second-order valence-corrected chi connectivity index (χ2v) is 5.44. The number of benzene rings is 1. The van der Waals surface area contributed by atoms with Crippen LogP contribution in [0.2, 0.25) is 0 Å². The minimum atomic E-state index is -0.533. The summed E-state index contributed by atoms with van der Waals surface area (Å²) in [6.07, 6.45) is -0.533. The van der Waals surface area contributed by atoms with Crippen LogP contribution in [0.3, 0.4) is 0 Å². The van der Waals surface area contributed by atoms with Crippen LogP contribution in [0.5, 0.6) is 0 Å². The summed E-state index contributed by atoms with van der Waals surface area (Å²) in [5, 5.41) is 10.3. The molecule has 1 heterocycles. The van der Waals surface area contributed by atoms with Gasteiger partial charge >= 0.3 is 0 Å². The number of thioether (sulfide) groups is 1. The Balaban J connectivity index is 2.38. The van der Waals surface area contributed by atoms with E-state index >= 15 is 0 Å². The Labute approximate surface area is 93.7 Å². The zero-order valence-electron chi connectivity index (χ0n) is 8.90. The van der Waals surface area contributed by atoms with E-state index in [4.69, 9.17) is 0 Å². The smallest absolute Gasteiger partial charge is 0.127 e. The van der Waals surface area contributed by atoms with Crippen LogP contribution < -0.4 is 0 Å². The van der Waals surface area contributed by atoms with Crippen LogP contribution in [0.1, 0.15) is 31.1 Å². The molecule has 1 aliphatic heterocycles. The first-order valence-corrected chi connectivity index (χ1v) is 6.23. The van der Waals surface area contributed by atoms with E-state index in [9.17, 15) is 9.50 Å². The maximum absolute atomic E-state index is 13.4. The molecule has 1 aliphatic rings. The Morgan fingerprint density at radius 2 is 2.20 bits per heavy atom. The molecule has 1 N–H and O–H groups in total. The van der Waals surface area contributed by atoms with Gasteiger partial charge in [-0.1, -0.05) is 26.0 Å². The van der Waals surface area contributed by atoms with Gasteiger partial charge in [0.15, 0.2) is 0 Å². The van der Waals surface area contributed by atoms with Gasteiger partial charge in [0.2, 0.25) is 0 Å². The quantitative estimate of drug-likeness (QED) is 0.794. The predicted octanol–water partition coefficient (Wildman–Crippen LogP) is 3.13. The van der Waals surface area contributed by atoms with Gasteiger partial charge < -0.3 is 5.11 Å². The van der Waals surface area contributed by atoms with Gasteiger partial charge in [0.05, 0.1) is 6.10 Å². The zero-order valence-corrected chi connectivity index (χ0v) is 9.72. The molecule has 0 saturated heterocycles. The SMILES string of the molecule is CC(C)C1SCc2c(F)cccc2C1O. The van der Waals surface area contributed by atoms with E-state index in [1.54, 1.807) is 17.8 Å². The van der Waals surface area contributed by atoms with Crippen molar-refractivity contribution >= 4 is 11.8 Å². The molecule has 0 amide bonds. The summed E-state index contributed by atoms with van der Waals surface area (Å²) in [7, 11) is 0. The highest BCUT2D eigenvalue weighted by Crippen LogP contribution is 2.41. The third-order valence-corrected chi connectivity index (χ3v) is 4.50. The van der Waals surface area contributed by atoms with Crippen LogP contribution in [0.4, 0.5) is 4.39 Å². The minimum Gasteiger partial charge on any atom is -0.387 e. The molecule has 0 bridgehead atoms. The third kappa shape index (κ3) is 1.91. The molecule has 82 valence electrons. The molecular formula is C12H15FOS. The summed E-state index contributed by atoms with van der Waals surface area (Å²) in [5.74, 6) is 0.879. The largest absolute Gasteiger partial charge is 0.387 e. The first-order valence-electron chi connectivity index (χ1n) is 5.18. The van der Waals surface area contributed by atoms with Crippen LogP contribution in [-0.4, -0.2) is 10.4 Å². The Kier molecular flexibility index (Phi) is 3.03. The van der Waals surface area contributed by atoms with Gasteiger partial charge in [-0.05, 0) is 17.5 Å². The van der Waals surface area contributed by atoms with Crippen molar-refractivity contribution in [3.8, 4) is 0 Å². The molecule has 2 atom stereocenters. The number of halogens is 1. The van der Waals surface area contributed by atoms with Gasteiger partial charge in [-0.3, -0.25) is 0 Å². The standard InChI is InChI=1S/C12H15FOS/c1-7(2)12-11(14)8-4-3-5-10(13)9(8)6-15-12/h3-5,7,11-12,14H,6H2,1-2H3. The Morgan fingerprint density at radius 3 is 2.87 bits per heavy atom. The van der Waals surface area contributed by atoms with E-state index in [0.29, 0.717) is 17.2 Å². The molecule has 2 unspecified atom stereocenters. The molecular weight excluding hydrogens is 211 g/mol. The number of aliphatic hydroxyl groups is 1. The highest BCUT2D eigenvalue weighted by Gasteiger charge is 2.31.